The van der Waals surface area contributed by atoms with Gasteiger partial charge in [-0.15, -0.1) is 0 Å². The summed E-state index contributed by atoms with van der Waals surface area (Å²) < 4.78 is 14.3. The molecule has 1 aliphatic rings. The lowest BCUT2D eigenvalue weighted by atomic mass is 10.0. The zero-order valence-corrected chi connectivity index (χ0v) is 10.6. The van der Waals surface area contributed by atoms with Gasteiger partial charge in [0.1, 0.15) is 0 Å². The van der Waals surface area contributed by atoms with Crippen LogP contribution >= 0.6 is 12.0 Å². The van der Waals surface area contributed by atoms with Crippen molar-refractivity contribution in [3.8, 4) is 0 Å². The molecule has 0 amide bonds. The molecule has 0 unspecified atom stereocenters. The van der Waals surface area contributed by atoms with Gasteiger partial charge in [0.05, 0.1) is 5.69 Å². The molecule has 94 valence electrons. The topological polar surface area (TPSA) is 69.1 Å². The summed E-state index contributed by atoms with van der Waals surface area (Å²) in [4.78, 5) is 0.826. The molecule has 5 heteroatoms. The molecule has 1 saturated heterocycles. The summed E-state index contributed by atoms with van der Waals surface area (Å²) in [6, 6.07) is 5.75. The summed E-state index contributed by atoms with van der Waals surface area (Å²) in [7, 11) is 0. The molecule has 1 aromatic carbocycles. The number of quaternary nitrogens is 1. The van der Waals surface area contributed by atoms with Crippen LogP contribution in [0.15, 0.2) is 23.1 Å². The molecule has 0 bridgehead atoms. The molecule has 0 aromatic heterocycles. The van der Waals surface area contributed by atoms with E-state index in [4.69, 9.17) is 9.29 Å². The van der Waals surface area contributed by atoms with E-state index in [-0.39, 0.29) is 0 Å². The Hall–Kier alpha value is -0.750. The number of ether oxygens (including phenoxy) is 1. The maximum atomic E-state index is 8.94. The summed E-state index contributed by atoms with van der Waals surface area (Å²) in [6.07, 6.45) is 2.26. The van der Waals surface area contributed by atoms with Gasteiger partial charge < -0.3 is 20.3 Å². The quantitative estimate of drug-likeness (QED) is 0.719. The molecule has 4 nitrogen and oxygen atoms in total. The van der Waals surface area contributed by atoms with Gasteiger partial charge in [0.15, 0.2) is 5.69 Å². The zero-order chi connectivity index (χ0) is 12.1. The van der Waals surface area contributed by atoms with E-state index in [1.165, 1.54) is 0 Å². The van der Waals surface area contributed by atoms with E-state index in [0.29, 0.717) is 5.92 Å². The van der Waals surface area contributed by atoms with Crippen molar-refractivity contribution in [3.05, 3.63) is 18.2 Å². The highest BCUT2D eigenvalue weighted by atomic mass is 32.2. The summed E-state index contributed by atoms with van der Waals surface area (Å²) in [5, 5.41) is 3.43. The smallest absolute Gasteiger partial charge is 0.152 e. The Bertz CT molecular complexity index is 368. The van der Waals surface area contributed by atoms with Crippen molar-refractivity contribution in [1.82, 2.24) is 0 Å². The van der Waals surface area contributed by atoms with Crippen molar-refractivity contribution >= 4 is 23.4 Å². The van der Waals surface area contributed by atoms with E-state index in [1.807, 2.05) is 18.2 Å². The van der Waals surface area contributed by atoms with Gasteiger partial charge in [0.25, 0.3) is 0 Å². The van der Waals surface area contributed by atoms with Crippen molar-refractivity contribution in [2.75, 3.05) is 25.1 Å². The Morgan fingerprint density at radius 2 is 2.18 bits per heavy atom. The van der Waals surface area contributed by atoms with Gasteiger partial charge in [-0.2, -0.15) is 0 Å². The highest BCUT2D eigenvalue weighted by Crippen LogP contribution is 2.24. The molecular formula is C12H19N2O2S+. The van der Waals surface area contributed by atoms with Crippen LogP contribution in [0.2, 0.25) is 0 Å². The first-order chi connectivity index (χ1) is 8.29. The summed E-state index contributed by atoms with van der Waals surface area (Å²) in [5.41, 5.74) is 5.96. The molecule has 1 fully saturated rings. The van der Waals surface area contributed by atoms with Crippen LogP contribution in [0, 0.1) is 5.92 Å². The lowest BCUT2D eigenvalue weighted by Crippen LogP contribution is -2.41. The fourth-order valence-electron chi connectivity index (χ4n) is 2.00. The Morgan fingerprint density at radius 1 is 1.41 bits per heavy atom. The summed E-state index contributed by atoms with van der Waals surface area (Å²) in [6.45, 7) is 2.73. The van der Waals surface area contributed by atoms with Crippen molar-refractivity contribution in [1.29, 1.82) is 0 Å². The van der Waals surface area contributed by atoms with Crippen LogP contribution in [0.25, 0.3) is 0 Å². The number of benzene rings is 1. The third kappa shape index (κ3) is 3.61. The third-order valence-electron chi connectivity index (χ3n) is 3.10. The first-order valence-electron chi connectivity index (χ1n) is 5.88. The minimum Gasteiger partial charge on any atom is -0.381 e. The molecule has 17 heavy (non-hydrogen) atoms. The fraction of sp³-hybridized carbons (Fsp3) is 0.500. The standard InChI is InChI=1S/C12H18N2O2S/c13-11-7-10(17-15)1-2-12(11)14-8-9-3-5-16-6-4-9/h1-2,7,9,14-15H,3-6,8,13H2/p+1. The molecule has 1 heterocycles. The minimum absolute atomic E-state index is 0.690. The minimum atomic E-state index is 0.690. The van der Waals surface area contributed by atoms with Crippen molar-refractivity contribution in [2.24, 2.45) is 5.92 Å². The maximum absolute atomic E-state index is 8.94. The number of rotatable bonds is 4. The second-order valence-electron chi connectivity index (χ2n) is 4.35. The highest BCUT2D eigenvalue weighted by molar-refractivity contribution is 7.93. The Kier molecular flexibility index (Phi) is 4.67. The molecule has 5 N–H and O–H groups in total. The monoisotopic (exact) mass is 255 g/mol. The van der Waals surface area contributed by atoms with Gasteiger partial charge in [-0.25, -0.2) is 0 Å². The van der Waals surface area contributed by atoms with Crippen LogP contribution in [0.4, 0.5) is 11.4 Å². The van der Waals surface area contributed by atoms with Crippen molar-refractivity contribution in [2.45, 2.75) is 17.7 Å². The SMILES string of the molecule is [NH3+]c1cc(SO)ccc1NCC1CCOCC1. The predicted octanol–water partition coefficient (Wildman–Crippen LogP) is 1.96. The lowest BCUT2D eigenvalue weighted by molar-refractivity contribution is -0.253. The van der Waals surface area contributed by atoms with Gasteiger partial charge in [0, 0.05) is 42.8 Å². The number of anilines is 1. The molecule has 1 aromatic rings. The first-order valence-corrected chi connectivity index (χ1v) is 6.66. The van der Waals surface area contributed by atoms with E-state index < -0.39 is 0 Å². The second kappa shape index (κ2) is 6.26. The van der Waals surface area contributed by atoms with Gasteiger partial charge in [0.2, 0.25) is 0 Å². The van der Waals surface area contributed by atoms with Crippen molar-refractivity contribution in [3.63, 3.8) is 0 Å². The van der Waals surface area contributed by atoms with Gasteiger partial charge in [-0.05, 0) is 30.9 Å². The molecule has 1 aliphatic heterocycles. The number of hydrogen-bond acceptors (Lipinski definition) is 4. The Morgan fingerprint density at radius 3 is 2.82 bits per heavy atom. The van der Waals surface area contributed by atoms with E-state index in [9.17, 15) is 0 Å². The highest BCUT2D eigenvalue weighted by Gasteiger charge is 2.14. The van der Waals surface area contributed by atoms with E-state index in [1.54, 1.807) is 0 Å². The van der Waals surface area contributed by atoms with E-state index in [2.05, 4.69) is 11.1 Å². The normalized spacial score (nSPS) is 17.1. The average Bonchev–Trinajstić information content (AvgIpc) is 2.38. The molecule has 0 radical (unpaired) electrons. The maximum Gasteiger partial charge on any atom is 0.152 e. The van der Waals surface area contributed by atoms with Crippen molar-refractivity contribution < 1.29 is 15.0 Å². The molecular weight excluding hydrogens is 236 g/mol. The largest absolute Gasteiger partial charge is 0.381 e. The Labute approximate surface area is 106 Å². The number of nitrogens with one attached hydrogen (secondary N) is 1. The van der Waals surface area contributed by atoms with Crippen LogP contribution in [0.5, 0.6) is 0 Å². The predicted molar refractivity (Wildman–Crippen MR) is 69.5 cm³/mol. The number of hydrogen-bond donors (Lipinski definition) is 3. The van der Waals surface area contributed by atoms with Gasteiger partial charge in [-0.3, -0.25) is 0 Å². The fourth-order valence-corrected chi connectivity index (χ4v) is 2.33. The average molecular weight is 255 g/mol. The van der Waals surface area contributed by atoms with Gasteiger partial charge in [-0.1, -0.05) is 0 Å². The van der Waals surface area contributed by atoms with Crippen LogP contribution in [-0.4, -0.2) is 24.3 Å². The van der Waals surface area contributed by atoms with E-state index in [0.717, 1.165) is 60.9 Å². The third-order valence-corrected chi connectivity index (χ3v) is 3.57. The van der Waals surface area contributed by atoms with Gasteiger partial charge >= 0.3 is 0 Å². The molecule has 0 saturated carbocycles. The van der Waals surface area contributed by atoms with Crippen LogP contribution < -0.4 is 11.1 Å². The summed E-state index contributed by atoms with van der Waals surface area (Å²) in [5.74, 6) is 0.690. The molecule has 0 aliphatic carbocycles. The van der Waals surface area contributed by atoms with Crippen LogP contribution in [-0.2, 0) is 4.74 Å². The zero-order valence-electron chi connectivity index (χ0n) is 9.82. The van der Waals surface area contributed by atoms with Crippen LogP contribution in [0.1, 0.15) is 12.8 Å². The molecule has 0 spiro atoms. The first kappa shape index (κ1) is 12.7. The second-order valence-corrected chi connectivity index (χ2v) is 5.00. The van der Waals surface area contributed by atoms with E-state index >= 15 is 0 Å². The summed E-state index contributed by atoms with van der Waals surface area (Å²) >= 11 is 0.754. The molecule has 0 atom stereocenters. The Balaban J connectivity index is 1.89. The van der Waals surface area contributed by atoms with Crippen LogP contribution in [0.3, 0.4) is 0 Å². The lowest BCUT2D eigenvalue weighted by Gasteiger charge is -2.22. The molecule has 2 rings (SSSR count).